The zero-order valence-electron chi connectivity index (χ0n) is 16.2. The number of amides is 2. The van der Waals surface area contributed by atoms with Crippen molar-refractivity contribution in [1.29, 1.82) is 0 Å². The molecule has 1 rings (SSSR count). The number of hydrogen-bond acceptors (Lipinski definition) is 7. The van der Waals surface area contributed by atoms with E-state index >= 15 is 0 Å². The van der Waals surface area contributed by atoms with Crippen LogP contribution in [0.3, 0.4) is 0 Å². The molecule has 0 aliphatic heterocycles. The van der Waals surface area contributed by atoms with Crippen molar-refractivity contribution < 1.29 is 33.4 Å². The van der Waals surface area contributed by atoms with E-state index in [9.17, 15) is 19.2 Å². The molecule has 0 radical (unpaired) electrons. The summed E-state index contributed by atoms with van der Waals surface area (Å²) in [6.45, 7) is 1.45. The minimum absolute atomic E-state index is 0.382. The van der Waals surface area contributed by atoms with E-state index in [2.05, 4.69) is 20.1 Å². The molecule has 2 atom stereocenters. The predicted octanol–water partition coefficient (Wildman–Crippen LogP) is 0.434. The van der Waals surface area contributed by atoms with Gasteiger partial charge in [-0.3, -0.25) is 14.4 Å². The first-order valence-corrected chi connectivity index (χ1v) is 8.38. The van der Waals surface area contributed by atoms with E-state index in [1.54, 1.807) is 37.5 Å². The second-order valence-electron chi connectivity index (χ2n) is 5.70. The smallest absolute Gasteiger partial charge is 0.328 e. The molecule has 28 heavy (non-hydrogen) atoms. The molecular formula is C19H24N2O7. The number of methoxy groups -OCH3 is 3. The summed E-state index contributed by atoms with van der Waals surface area (Å²) in [4.78, 5) is 47.2. The minimum Gasteiger partial charge on any atom is -0.497 e. The van der Waals surface area contributed by atoms with Crippen molar-refractivity contribution in [1.82, 2.24) is 10.6 Å². The van der Waals surface area contributed by atoms with Gasteiger partial charge in [0, 0.05) is 6.08 Å². The molecule has 0 fully saturated rings. The summed E-state index contributed by atoms with van der Waals surface area (Å²) in [5.41, 5.74) is 0.775. The molecule has 0 bridgehead atoms. The van der Waals surface area contributed by atoms with Gasteiger partial charge >= 0.3 is 11.9 Å². The van der Waals surface area contributed by atoms with Gasteiger partial charge in [0.2, 0.25) is 11.8 Å². The highest BCUT2D eigenvalue weighted by Crippen LogP contribution is 2.12. The molecule has 1 aromatic rings. The first kappa shape index (κ1) is 22.7. The van der Waals surface area contributed by atoms with Gasteiger partial charge in [-0.25, -0.2) is 4.79 Å². The number of carbonyl (C=O) groups excluding carboxylic acids is 4. The SMILES string of the molecule is COC(=O)C[C@H](NC(=O)[C@H](C)NC(=O)/C=C/c1ccc(OC)cc1)C(=O)OC. The molecule has 0 saturated carbocycles. The lowest BCUT2D eigenvalue weighted by molar-refractivity contribution is -0.150. The third-order valence-corrected chi connectivity index (χ3v) is 3.70. The number of nitrogens with one attached hydrogen (secondary N) is 2. The van der Waals surface area contributed by atoms with Crippen LogP contribution in [0.25, 0.3) is 6.08 Å². The summed E-state index contributed by atoms with van der Waals surface area (Å²) in [5.74, 6) is -1.93. The van der Waals surface area contributed by atoms with Crippen molar-refractivity contribution in [3.8, 4) is 5.75 Å². The molecule has 2 amide bonds. The Labute approximate surface area is 163 Å². The van der Waals surface area contributed by atoms with Crippen LogP contribution in [0.1, 0.15) is 18.9 Å². The van der Waals surface area contributed by atoms with Crippen LogP contribution in [0.5, 0.6) is 5.75 Å². The van der Waals surface area contributed by atoms with E-state index in [4.69, 9.17) is 4.74 Å². The molecule has 0 saturated heterocycles. The predicted molar refractivity (Wildman–Crippen MR) is 100 cm³/mol. The van der Waals surface area contributed by atoms with Gasteiger partial charge in [-0.05, 0) is 30.7 Å². The second-order valence-corrected chi connectivity index (χ2v) is 5.70. The van der Waals surface area contributed by atoms with Crippen LogP contribution in [0.15, 0.2) is 30.3 Å². The Morgan fingerprint density at radius 2 is 1.64 bits per heavy atom. The maximum Gasteiger partial charge on any atom is 0.328 e. The van der Waals surface area contributed by atoms with Gasteiger partial charge < -0.3 is 24.8 Å². The summed E-state index contributed by atoms with van der Waals surface area (Å²) < 4.78 is 14.1. The van der Waals surface area contributed by atoms with Crippen LogP contribution in [-0.4, -0.2) is 57.2 Å². The molecule has 0 aliphatic carbocycles. The van der Waals surface area contributed by atoms with E-state index in [1.165, 1.54) is 13.0 Å². The van der Waals surface area contributed by atoms with Crippen LogP contribution < -0.4 is 15.4 Å². The Bertz CT molecular complexity index is 728. The monoisotopic (exact) mass is 392 g/mol. The van der Waals surface area contributed by atoms with Gasteiger partial charge in [0.05, 0.1) is 27.8 Å². The Morgan fingerprint density at radius 3 is 2.18 bits per heavy atom. The second kappa shape index (κ2) is 11.4. The van der Waals surface area contributed by atoms with Crippen LogP contribution in [-0.2, 0) is 28.7 Å². The quantitative estimate of drug-likeness (QED) is 0.462. The highest BCUT2D eigenvalue weighted by Gasteiger charge is 2.27. The highest BCUT2D eigenvalue weighted by atomic mass is 16.5. The largest absolute Gasteiger partial charge is 0.497 e. The fourth-order valence-corrected chi connectivity index (χ4v) is 2.10. The summed E-state index contributed by atoms with van der Waals surface area (Å²) in [6.07, 6.45) is 2.47. The van der Waals surface area contributed by atoms with Gasteiger partial charge in [-0.1, -0.05) is 12.1 Å². The maximum absolute atomic E-state index is 12.2. The van der Waals surface area contributed by atoms with Crippen molar-refractivity contribution in [3.05, 3.63) is 35.9 Å². The fraction of sp³-hybridized carbons (Fsp3) is 0.368. The van der Waals surface area contributed by atoms with Crippen LogP contribution in [0.4, 0.5) is 0 Å². The molecule has 2 N–H and O–H groups in total. The van der Waals surface area contributed by atoms with Gasteiger partial charge in [0.25, 0.3) is 0 Å². The van der Waals surface area contributed by atoms with E-state index in [0.29, 0.717) is 5.75 Å². The molecule has 0 heterocycles. The van der Waals surface area contributed by atoms with Gasteiger partial charge in [-0.2, -0.15) is 0 Å². The number of carbonyl (C=O) groups is 4. The number of ether oxygens (including phenoxy) is 3. The molecule has 9 nitrogen and oxygen atoms in total. The van der Waals surface area contributed by atoms with Gasteiger partial charge in [0.1, 0.15) is 17.8 Å². The Hall–Kier alpha value is -3.36. The topological polar surface area (TPSA) is 120 Å². The van der Waals surface area contributed by atoms with Crippen molar-refractivity contribution in [2.24, 2.45) is 0 Å². The fourth-order valence-electron chi connectivity index (χ4n) is 2.10. The van der Waals surface area contributed by atoms with Crippen molar-refractivity contribution in [2.75, 3.05) is 21.3 Å². The van der Waals surface area contributed by atoms with Crippen LogP contribution in [0, 0.1) is 0 Å². The highest BCUT2D eigenvalue weighted by molar-refractivity contribution is 5.96. The lowest BCUT2D eigenvalue weighted by atomic mass is 10.2. The van der Waals surface area contributed by atoms with Crippen molar-refractivity contribution in [2.45, 2.75) is 25.4 Å². The molecule has 9 heteroatoms. The molecule has 0 spiro atoms. The standard InChI is InChI=1S/C19H24N2O7/c1-12(18(24)21-15(19(25)28-4)11-17(23)27-3)20-16(22)10-7-13-5-8-14(26-2)9-6-13/h5-10,12,15H,11H2,1-4H3,(H,20,22)(H,21,24)/b10-7+/t12-,15-/m0/s1. The summed E-state index contributed by atoms with van der Waals surface area (Å²) in [6, 6.07) is 4.89. The average Bonchev–Trinajstić information content (AvgIpc) is 2.71. The van der Waals surface area contributed by atoms with Gasteiger partial charge in [-0.15, -0.1) is 0 Å². The van der Waals surface area contributed by atoms with E-state index in [1.807, 2.05) is 0 Å². The molecule has 152 valence electrons. The number of rotatable bonds is 9. The average molecular weight is 392 g/mol. The Kier molecular flexibility index (Phi) is 9.21. The lowest BCUT2D eigenvalue weighted by Gasteiger charge is -2.18. The third kappa shape index (κ3) is 7.48. The summed E-state index contributed by atoms with van der Waals surface area (Å²) in [5, 5.41) is 4.83. The first-order valence-electron chi connectivity index (χ1n) is 8.38. The minimum atomic E-state index is -1.21. The summed E-state index contributed by atoms with van der Waals surface area (Å²) in [7, 11) is 3.85. The zero-order valence-corrected chi connectivity index (χ0v) is 16.2. The van der Waals surface area contributed by atoms with E-state index < -0.39 is 35.8 Å². The molecule has 0 aromatic heterocycles. The molecular weight excluding hydrogens is 368 g/mol. The van der Waals surface area contributed by atoms with Crippen LogP contribution in [0.2, 0.25) is 0 Å². The Morgan fingerprint density at radius 1 is 1.00 bits per heavy atom. The first-order chi connectivity index (χ1) is 13.3. The normalized spacial score (nSPS) is 12.6. The van der Waals surface area contributed by atoms with Gasteiger partial charge in [0.15, 0.2) is 0 Å². The third-order valence-electron chi connectivity index (χ3n) is 3.70. The lowest BCUT2D eigenvalue weighted by Crippen LogP contribution is -2.51. The molecule has 0 unspecified atom stereocenters. The molecule has 0 aliphatic rings. The maximum atomic E-state index is 12.2. The van der Waals surface area contributed by atoms with Crippen LogP contribution >= 0.6 is 0 Å². The van der Waals surface area contributed by atoms with E-state index in [0.717, 1.165) is 19.8 Å². The van der Waals surface area contributed by atoms with Crippen molar-refractivity contribution in [3.63, 3.8) is 0 Å². The Balaban J connectivity index is 2.62. The number of esters is 2. The number of benzene rings is 1. The summed E-state index contributed by atoms with van der Waals surface area (Å²) >= 11 is 0. The van der Waals surface area contributed by atoms with E-state index in [-0.39, 0.29) is 6.42 Å². The number of hydrogen-bond donors (Lipinski definition) is 2. The molecule has 1 aromatic carbocycles. The van der Waals surface area contributed by atoms with Crippen molar-refractivity contribution >= 4 is 29.8 Å². The zero-order chi connectivity index (χ0) is 21.1.